The molecule has 1 N–H and O–H groups in total. The van der Waals surface area contributed by atoms with E-state index >= 15 is 0 Å². The van der Waals surface area contributed by atoms with Crippen LogP contribution in [0.4, 0.5) is 30.2 Å². The zero-order valence-electron chi connectivity index (χ0n) is 17.1. The largest absolute Gasteiger partial charge is 0.313 e. The number of halogens is 5. The molecular weight excluding hydrogens is 509 g/mol. The first-order valence-corrected chi connectivity index (χ1v) is 13.7. The number of nitrogens with one attached hydrogen (secondary N) is 1. The van der Waals surface area contributed by atoms with E-state index in [0.29, 0.717) is 17.0 Å². The highest BCUT2D eigenvalue weighted by molar-refractivity contribution is 8.45. The molecule has 0 saturated heterocycles. The average Bonchev–Trinajstić information content (AvgIpc) is 3.05. The van der Waals surface area contributed by atoms with Crippen LogP contribution in [-0.2, 0) is 16.6 Å². The lowest BCUT2D eigenvalue weighted by Crippen LogP contribution is -2.30. The first-order chi connectivity index (χ1) is 14.9. The van der Waals surface area contributed by atoms with Gasteiger partial charge in [0.2, 0.25) is 10.0 Å². The van der Waals surface area contributed by atoms with Crippen molar-refractivity contribution in [2.24, 2.45) is 0 Å². The lowest BCUT2D eigenvalue weighted by Gasteiger charge is -2.40. The summed E-state index contributed by atoms with van der Waals surface area (Å²) in [6, 6.07) is 11.1. The summed E-state index contributed by atoms with van der Waals surface area (Å²) >= 11 is 0.995. The molecule has 0 bridgehead atoms. The number of carbonyl (C=O) groups is 1. The Bertz CT molecular complexity index is 1290. The van der Waals surface area contributed by atoms with E-state index < -0.39 is 31.0 Å². The van der Waals surface area contributed by atoms with Crippen molar-refractivity contribution in [1.82, 2.24) is 9.71 Å². The molecule has 14 heteroatoms. The predicted molar refractivity (Wildman–Crippen MR) is 119 cm³/mol. The molecule has 0 spiro atoms. The molecule has 0 saturated carbocycles. The molecular formula is C19H18F5N3O3S3. The average molecular weight is 528 g/mol. The standard InChI is InChI=1S/C19H18F5N3O3S3/c1-13-17(18(28)26-32(2,29)30)25-19(31-13)27(12-14-6-4-3-5-7-14)15-8-10-16(11-9-15)33(20,21,22,23)24/h3-11H,12H2,1-2H3,(H,26,28). The van der Waals surface area contributed by atoms with Crippen molar-refractivity contribution in [3.05, 3.63) is 70.7 Å². The van der Waals surface area contributed by atoms with Crippen molar-refractivity contribution in [2.75, 3.05) is 11.2 Å². The fourth-order valence-corrected chi connectivity index (χ4v) is 4.85. The third-order valence-electron chi connectivity index (χ3n) is 4.29. The minimum Gasteiger partial charge on any atom is -0.313 e. The number of thiazole rings is 1. The van der Waals surface area contributed by atoms with Crippen LogP contribution in [-0.4, -0.2) is 25.6 Å². The minimum atomic E-state index is -9.84. The topological polar surface area (TPSA) is 79.4 Å². The molecule has 0 radical (unpaired) electrons. The van der Waals surface area contributed by atoms with Crippen LogP contribution >= 0.6 is 21.6 Å². The fraction of sp³-hybridized carbons (Fsp3) is 0.158. The lowest BCUT2D eigenvalue weighted by molar-refractivity contribution is 0.0977. The maximum atomic E-state index is 13.1. The molecule has 0 aliphatic rings. The van der Waals surface area contributed by atoms with Gasteiger partial charge in [0, 0.05) is 10.6 Å². The summed E-state index contributed by atoms with van der Waals surface area (Å²) in [7, 11) is -13.7. The Kier molecular flexibility index (Phi) is 5.79. The Hall–Kier alpha value is -2.71. The molecule has 3 rings (SSSR count). The number of anilines is 2. The van der Waals surface area contributed by atoms with Gasteiger partial charge in [0.1, 0.15) is 10.6 Å². The monoisotopic (exact) mass is 527 g/mol. The van der Waals surface area contributed by atoms with E-state index in [1.54, 1.807) is 35.1 Å². The SMILES string of the molecule is Cc1sc(N(Cc2ccccc2)c2ccc(S(F)(F)(F)(F)F)cc2)nc1C(=O)NS(C)(=O)=O. The third kappa shape index (κ3) is 6.42. The van der Waals surface area contributed by atoms with Gasteiger partial charge in [-0.15, -0.1) is 11.3 Å². The van der Waals surface area contributed by atoms with Crippen LogP contribution in [0.15, 0.2) is 59.5 Å². The van der Waals surface area contributed by atoms with E-state index in [-0.39, 0.29) is 23.1 Å². The summed E-state index contributed by atoms with van der Waals surface area (Å²) < 4.78 is 90.1. The Morgan fingerprint density at radius 3 is 2.12 bits per heavy atom. The van der Waals surface area contributed by atoms with Gasteiger partial charge in [-0.05, 0) is 36.8 Å². The van der Waals surface area contributed by atoms with E-state index in [1.807, 2.05) is 0 Å². The van der Waals surface area contributed by atoms with Crippen LogP contribution in [0.3, 0.4) is 0 Å². The second kappa shape index (κ2) is 7.67. The molecule has 180 valence electrons. The number of aryl methyl sites for hydroxylation is 1. The highest BCUT2D eigenvalue weighted by atomic mass is 32.5. The van der Waals surface area contributed by atoms with Gasteiger partial charge >= 0.3 is 10.2 Å². The molecule has 0 fully saturated rings. The van der Waals surface area contributed by atoms with Gasteiger partial charge in [-0.3, -0.25) is 4.79 Å². The third-order valence-corrected chi connectivity index (χ3v) is 7.00. The van der Waals surface area contributed by atoms with Crippen molar-refractivity contribution in [3.8, 4) is 0 Å². The van der Waals surface area contributed by atoms with Gasteiger partial charge in [0.05, 0.1) is 12.8 Å². The number of aromatic nitrogens is 1. The first kappa shape index (κ1) is 24.9. The Morgan fingerprint density at radius 1 is 1.03 bits per heavy atom. The van der Waals surface area contributed by atoms with Gasteiger partial charge in [0.25, 0.3) is 5.91 Å². The maximum Gasteiger partial charge on any atom is 0.310 e. The maximum absolute atomic E-state index is 13.1. The molecule has 6 nitrogen and oxygen atoms in total. The summed E-state index contributed by atoms with van der Waals surface area (Å²) in [6.07, 6.45) is 0.801. The van der Waals surface area contributed by atoms with Gasteiger partial charge in [0.15, 0.2) is 5.13 Å². The van der Waals surface area contributed by atoms with Crippen molar-refractivity contribution in [3.63, 3.8) is 0 Å². The number of amides is 1. The molecule has 1 amide bonds. The summed E-state index contributed by atoms with van der Waals surface area (Å²) in [6.45, 7) is 1.62. The molecule has 3 aromatic rings. The number of hydrogen-bond acceptors (Lipinski definition) is 6. The summed E-state index contributed by atoms with van der Waals surface area (Å²) in [4.78, 5) is 16.2. The number of benzene rings is 2. The van der Waals surface area contributed by atoms with Gasteiger partial charge in [-0.25, -0.2) is 18.1 Å². The molecule has 1 heterocycles. The molecule has 1 aromatic heterocycles. The lowest BCUT2D eigenvalue weighted by atomic mass is 10.2. The number of rotatable bonds is 7. The predicted octanol–water partition coefficient (Wildman–Crippen LogP) is 6.14. The van der Waals surface area contributed by atoms with E-state index in [4.69, 9.17) is 0 Å². The fourth-order valence-electron chi connectivity index (χ4n) is 2.84. The molecule has 0 unspecified atom stereocenters. The number of hydrogen-bond donors (Lipinski definition) is 1. The van der Waals surface area contributed by atoms with Gasteiger partial charge in [-0.1, -0.05) is 49.8 Å². The summed E-state index contributed by atoms with van der Waals surface area (Å²) in [5.74, 6) is -0.964. The first-order valence-electron chi connectivity index (χ1n) is 9.08. The quantitative estimate of drug-likeness (QED) is 0.374. The van der Waals surface area contributed by atoms with Crippen molar-refractivity contribution >= 4 is 48.3 Å². The molecule has 0 aliphatic heterocycles. The van der Waals surface area contributed by atoms with Crippen LogP contribution in [0.2, 0.25) is 0 Å². The number of nitrogens with zero attached hydrogens (tertiary/aromatic N) is 2. The van der Waals surface area contributed by atoms with Crippen LogP contribution < -0.4 is 9.62 Å². The van der Waals surface area contributed by atoms with Crippen molar-refractivity contribution < 1.29 is 32.6 Å². The zero-order chi connectivity index (χ0) is 24.7. The second-order valence-corrected chi connectivity index (χ2v) is 12.5. The zero-order valence-corrected chi connectivity index (χ0v) is 19.6. The van der Waals surface area contributed by atoms with E-state index in [2.05, 4.69) is 4.98 Å². The van der Waals surface area contributed by atoms with Crippen molar-refractivity contribution in [1.29, 1.82) is 0 Å². The van der Waals surface area contributed by atoms with Crippen LogP contribution in [0, 0.1) is 6.92 Å². The molecule has 33 heavy (non-hydrogen) atoms. The van der Waals surface area contributed by atoms with Gasteiger partial charge in [-0.2, -0.15) is 0 Å². The Labute approximate surface area is 190 Å². The normalized spacial score (nSPS) is 14.3. The highest BCUT2D eigenvalue weighted by Crippen LogP contribution is 3.02. The molecule has 2 aromatic carbocycles. The van der Waals surface area contributed by atoms with Gasteiger partial charge < -0.3 is 4.90 Å². The second-order valence-electron chi connectivity index (χ2n) is 7.14. The van der Waals surface area contributed by atoms with E-state index in [9.17, 15) is 32.6 Å². The summed E-state index contributed by atoms with van der Waals surface area (Å²) in [5.41, 5.74) is 0.666. The Balaban J connectivity index is 2.05. The smallest absolute Gasteiger partial charge is 0.310 e. The van der Waals surface area contributed by atoms with E-state index in [1.165, 1.54) is 11.8 Å². The van der Waals surface area contributed by atoms with Crippen LogP contribution in [0.5, 0.6) is 0 Å². The Morgan fingerprint density at radius 2 is 1.61 bits per heavy atom. The molecule has 0 aliphatic carbocycles. The van der Waals surface area contributed by atoms with Crippen LogP contribution in [0.25, 0.3) is 0 Å². The summed E-state index contributed by atoms with van der Waals surface area (Å²) in [5, 5.41) is 0.162. The number of carbonyl (C=O) groups excluding carboxylic acids is 1. The number of sulfonamides is 1. The minimum absolute atomic E-state index is 0.0939. The highest BCUT2D eigenvalue weighted by Gasteiger charge is 2.65. The van der Waals surface area contributed by atoms with E-state index in [0.717, 1.165) is 35.3 Å². The molecule has 0 atom stereocenters. The van der Waals surface area contributed by atoms with Crippen LogP contribution in [0.1, 0.15) is 20.9 Å². The van der Waals surface area contributed by atoms with Crippen molar-refractivity contribution in [2.45, 2.75) is 18.4 Å².